The third kappa shape index (κ3) is 6.00. The Morgan fingerprint density at radius 3 is 2.34 bits per heavy atom. The van der Waals surface area contributed by atoms with Crippen molar-refractivity contribution >= 4 is 40.8 Å². The summed E-state index contributed by atoms with van der Waals surface area (Å²) in [6.45, 7) is 3.53. The zero-order valence-electron chi connectivity index (χ0n) is 19.4. The van der Waals surface area contributed by atoms with E-state index in [4.69, 9.17) is 21.1 Å². The highest BCUT2D eigenvalue weighted by Gasteiger charge is 2.36. The van der Waals surface area contributed by atoms with E-state index in [0.29, 0.717) is 22.1 Å². The number of hydrogen-bond donors (Lipinski definition) is 1. The second kappa shape index (κ2) is 10.6. The van der Waals surface area contributed by atoms with Crippen LogP contribution in [0, 0.1) is 19.8 Å². The molecule has 0 bridgehead atoms. The van der Waals surface area contributed by atoms with Gasteiger partial charge in [0.2, 0.25) is 5.91 Å². The van der Waals surface area contributed by atoms with Gasteiger partial charge in [-0.2, -0.15) is 0 Å². The van der Waals surface area contributed by atoms with Gasteiger partial charge < -0.3 is 19.7 Å². The first-order valence-electron chi connectivity index (χ1n) is 11.2. The number of benzene rings is 3. The van der Waals surface area contributed by atoms with Gasteiger partial charge in [0.05, 0.1) is 5.92 Å². The highest BCUT2D eigenvalue weighted by Crippen LogP contribution is 2.29. The fourth-order valence-electron chi connectivity index (χ4n) is 3.74. The Labute approximate surface area is 208 Å². The summed E-state index contributed by atoms with van der Waals surface area (Å²) < 4.78 is 11.0. The second-order valence-electron chi connectivity index (χ2n) is 8.38. The lowest BCUT2D eigenvalue weighted by atomic mass is 10.1. The Hall–Kier alpha value is -3.84. The molecule has 7 nitrogen and oxygen atoms in total. The molecule has 0 radical (unpaired) electrons. The van der Waals surface area contributed by atoms with E-state index in [1.54, 1.807) is 49.4 Å². The summed E-state index contributed by atoms with van der Waals surface area (Å²) in [5.74, 6) is -0.531. The number of carbonyl (C=O) groups is 3. The molecule has 0 aliphatic carbocycles. The maximum Gasteiger partial charge on any atom is 0.311 e. The van der Waals surface area contributed by atoms with Gasteiger partial charge >= 0.3 is 5.97 Å². The first kappa shape index (κ1) is 24.3. The lowest BCUT2D eigenvalue weighted by Crippen LogP contribution is -2.28. The zero-order chi connectivity index (χ0) is 24.9. The zero-order valence-corrected chi connectivity index (χ0v) is 20.2. The number of rotatable bonds is 7. The monoisotopic (exact) mass is 492 g/mol. The molecule has 2 amide bonds. The second-order valence-corrected chi connectivity index (χ2v) is 8.79. The number of ether oxygens (including phenoxy) is 2. The van der Waals surface area contributed by atoms with Crippen LogP contribution in [0.15, 0.2) is 66.7 Å². The SMILES string of the molecule is Cc1ccc(Oc2ccc(N3C[C@@H](C(=O)OCC(=O)Nc4cccc(Cl)c4C)CC3=O)cc2)cc1. The van der Waals surface area contributed by atoms with E-state index in [-0.39, 0.29) is 18.9 Å². The quantitative estimate of drug-likeness (QED) is 0.453. The van der Waals surface area contributed by atoms with Gasteiger partial charge in [-0.1, -0.05) is 35.4 Å². The van der Waals surface area contributed by atoms with Gasteiger partial charge in [0.15, 0.2) is 6.61 Å². The molecule has 1 N–H and O–H groups in total. The van der Waals surface area contributed by atoms with E-state index in [1.807, 2.05) is 31.2 Å². The van der Waals surface area contributed by atoms with Crippen molar-refractivity contribution in [2.24, 2.45) is 5.92 Å². The van der Waals surface area contributed by atoms with Gasteiger partial charge in [-0.25, -0.2) is 0 Å². The summed E-state index contributed by atoms with van der Waals surface area (Å²) in [5.41, 5.74) is 3.08. The molecule has 0 saturated carbocycles. The van der Waals surface area contributed by atoms with Crippen molar-refractivity contribution in [2.45, 2.75) is 20.3 Å². The molecule has 1 fully saturated rings. The minimum atomic E-state index is -0.647. The summed E-state index contributed by atoms with van der Waals surface area (Å²) >= 11 is 6.06. The molecular weight excluding hydrogens is 468 g/mol. The summed E-state index contributed by atoms with van der Waals surface area (Å²) in [7, 11) is 0. The predicted molar refractivity (Wildman–Crippen MR) is 134 cm³/mol. The molecule has 1 saturated heterocycles. The highest BCUT2D eigenvalue weighted by molar-refractivity contribution is 6.31. The van der Waals surface area contributed by atoms with Crippen LogP contribution in [-0.2, 0) is 19.1 Å². The van der Waals surface area contributed by atoms with Crippen molar-refractivity contribution in [3.63, 3.8) is 0 Å². The molecule has 3 aromatic rings. The van der Waals surface area contributed by atoms with E-state index in [0.717, 1.165) is 16.9 Å². The number of amides is 2. The summed E-state index contributed by atoms with van der Waals surface area (Å²) in [6, 6.07) is 20.0. The first-order chi connectivity index (χ1) is 16.8. The summed E-state index contributed by atoms with van der Waals surface area (Å²) in [4.78, 5) is 38.8. The Morgan fingerprint density at radius 1 is 1.00 bits per heavy atom. The molecule has 1 aliphatic heterocycles. The van der Waals surface area contributed by atoms with Crippen molar-refractivity contribution in [1.82, 2.24) is 0 Å². The Morgan fingerprint density at radius 2 is 1.66 bits per heavy atom. The average molecular weight is 493 g/mol. The standard InChI is InChI=1S/C27H25ClN2O5/c1-17-6-10-21(11-7-17)35-22-12-8-20(9-13-22)30-15-19(14-26(30)32)27(33)34-16-25(31)29-24-5-3-4-23(28)18(24)2/h3-13,19H,14-16H2,1-2H3,(H,29,31)/t19-/m0/s1. The minimum Gasteiger partial charge on any atom is -0.457 e. The van der Waals surface area contributed by atoms with E-state index < -0.39 is 24.4 Å². The molecule has 0 unspecified atom stereocenters. The predicted octanol–water partition coefficient (Wildman–Crippen LogP) is 5.28. The van der Waals surface area contributed by atoms with E-state index in [2.05, 4.69) is 5.32 Å². The highest BCUT2D eigenvalue weighted by atomic mass is 35.5. The number of nitrogens with zero attached hydrogens (tertiary/aromatic N) is 1. The number of hydrogen-bond acceptors (Lipinski definition) is 5. The number of aryl methyl sites for hydroxylation is 1. The molecule has 0 aromatic heterocycles. The van der Waals surface area contributed by atoms with Crippen LogP contribution in [-0.4, -0.2) is 30.9 Å². The maximum absolute atomic E-state index is 12.5. The van der Waals surface area contributed by atoms with Crippen molar-refractivity contribution in [2.75, 3.05) is 23.4 Å². The minimum absolute atomic E-state index is 0.0233. The molecule has 8 heteroatoms. The van der Waals surface area contributed by atoms with Gasteiger partial charge in [-0.05, 0) is 67.9 Å². The van der Waals surface area contributed by atoms with Crippen LogP contribution in [0.25, 0.3) is 0 Å². The fourth-order valence-corrected chi connectivity index (χ4v) is 3.91. The Balaban J connectivity index is 1.30. The Kier molecular flexibility index (Phi) is 7.36. The first-order valence-corrected chi connectivity index (χ1v) is 11.5. The lowest BCUT2D eigenvalue weighted by molar-refractivity contribution is -0.151. The third-order valence-electron chi connectivity index (χ3n) is 5.75. The van der Waals surface area contributed by atoms with Gasteiger partial charge in [0.25, 0.3) is 5.91 Å². The number of anilines is 2. The van der Waals surface area contributed by atoms with Crippen LogP contribution in [0.4, 0.5) is 11.4 Å². The van der Waals surface area contributed by atoms with E-state index in [9.17, 15) is 14.4 Å². The molecule has 4 rings (SSSR count). The number of halogens is 1. The smallest absolute Gasteiger partial charge is 0.311 e. The van der Waals surface area contributed by atoms with Crippen molar-refractivity contribution in [3.8, 4) is 11.5 Å². The van der Waals surface area contributed by atoms with Crippen molar-refractivity contribution in [3.05, 3.63) is 82.9 Å². The van der Waals surface area contributed by atoms with Crippen molar-refractivity contribution in [1.29, 1.82) is 0 Å². The average Bonchev–Trinajstić information content (AvgIpc) is 3.24. The van der Waals surface area contributed by atoms with Crippen molar-refractivity contribution < 1.29 is 23.9 Å². The largest absolute Gasteiger partial charge is 0.457 e. The summed E-state index contributed by atoms with van der Waals surface area (Å²) in [6.07, 6.45) is 0.0233. The van der Waals surface area contributed by atoms with Gasteiger partial charge in [-0.3, -0.25) is 14.4 Å². The van der Waals surface area contributed by atoms with Crippen LogP contribution in [0.1, 0.15) is 17.5 Å². The van der Waals surface area contributed by atoms with Gasteiger partial charge in [0, 0.05) is 29.4 Å². The van der Waals surface area contributed by atoms with E-state index in [1.165, 1.54) is 4.90 Å². The fraction of sp³-hybridized carbons (Fsp3) is 0.222. The van der Waals surface area contributed by atoms with E-state index >= 15 is 0 Å². The van der Waals surface area contributed by atoms with Crippen LogP contribution in [0.2, 0.25) is 5.02 Å². The lowest BCUT2D eigenvalue weighted by Gasteiger charge is -2.17. The van der Waals surface area contributed by atoms with Crippen LogP contribution < -0.4 is 15.0 Å². The molecule has 35 heavy (non-hydrogen) atoms. The van der Waals surface area contributed by atoms with Gasteiger partial charge in [-0.15, -0.1) is 0 Å². The number of carbonyl (C=O) groups excluding carboxylic acids is 3. The molecule has 1 heterocycles. The number of esters is 1. The number of nitrogens with one attached hydrogen (secondary N) is 1. The molecule has 0 spiro atoms. The molecule has 180 valence electrons. The molecule has 3 aromatic carbocycles. The Bertz CT molecular complexity index is 1240. The molecule has 1 aliphatic rings. The topological polar surface area (TPSA) is 84.9 Å². The van der Waals surface area contributed by atoms with Crippen LogP contribution >= 0.6 is 11.6 Å². The van der Waals surface area contributed by atoms with Crippen LogP contribution in [0.3, 0.4) is 0 Å². The third-order valence-corrected chi connectivity index (χ3v) is 6.16. The molecule has 1 atom stereocenters. The normalized spacial score (nSPS) is 15.1. The molecular formula is C27H25ClN2O5. The van der Waals surface area contributed by atoms with Crippen LogP contribution in [0.5, 0.6) is 11.5 Å². The van der Waals surface area contributed by atoms with Gasteiger partial charge in [0.1, 0.15) is 11.5 Å². The summed E-state index contributed by atoms with van der Waals surface area (Å²) in [5, 5.41) is 3.20. The maximum atomic E-state index is 12.5.